The van der Waals surface area contributed by atoms with Crippen LogP contribution < -0.4 is 15.9 Å². The Hall–Kier alpha value is -4.37. The molecule has 5 heteroatoms. The van der Waals surface area contributed by atoms with E-state index in [1.165, 1.54) is 10.8 Å². The Balaban J connectivity index is 1.48. The lowest BCUT2D eigenvalue weighted by Gasteiger charge is -2.25. The number of imidazole rings is 1. The van der Waals surface area contributed by atoms with Crippen molar-refractivity contribution in [3.05, 3.63) is 134 Å². The van der Waals surface area contributed by atoms with E-state index in [4.69, 9.17) is 21.8 Å². The van der Waals surface area contributed by atoms with Crippen LogP contribution in [0.3, 0.4) is 0 Å². The van der Waals surface area contributed by atoms with Gasteiger partial charge in [0.05, 0.1) is 22.1 Å². The summed E-state index contributed by atoms with van der Waals surface area (Å²) in [5.41, 5.74) is 5.21. The average Bonchev–Trinajstić information content (AvgIpc) is 3.41. The van der Waals surface area contributed by atoms with Crippen LogP contribution in [0.25, 0.3) is 49.3 Å². The van der Waals surface area contributed by atoms with Crippen molar-refractivity contribution in [1.29, 1.82) is 0 Å². The lowest BCUT2D eigenvalue weighted by Crippen LogP contribution is -2.25. The quantitative estimate of drug-likeness (QED) is 0.179. The zero-order valence-electron chi connectivity index (χ0n) is 20.9. The molecule has 0 saturated heterocycles. The van der Waals surface area contributed by atoms with Gasteiger partial charge in [0, 0.05) is 33.7 Å². The molecule has 0 radical (unpaired) electrons. The maximum Gasteiger partial charge on any atom is 0.146 e. The largest absolute Gasteiger partial charge is 0.292 e. The summed E-state index contributed by atoms with van der Waals surface area (Å²) in [5.74, 6) is 0. The summed E-state index contributed by atoms with van der Waals surface area (Å²) in [6.45, 7) is 0. The normalized spacial score (nSPS) is 13.4. The number of hydrogen-bond acceptors (Lipinski definition) is 3. The van der Waals surface area contributed by atoms with Crippen molar-refractivity contribution < 1.29 is 0 Å². The summed E-state index contributed by atoms with van der Waals surface area (Å²) in [5, 5.41) is 8.00. The number of hydrogen-bond donors (Lipinski definition) is 0. The number of pyridine rings is 2. The van der Waals surface area contributed by atoms with Crippen LogP contribution in [0.1, 0.15) is 0 Å². The number of benzene rings is 5. The molecular weight excluding hydrogens is 513 g/mol. The minimum atomic E-state index is -2.41. The molecule has 0 bridgehead atoms. The number of para-hydroxylation sites is 4. The Bertz CT molecular complexity index is 2270. The van der Waals surface area contributed by atoms with E-state index in [-0.39, 0.29) is 0 Å². The Morgan fingerprint density at radius 3 is 2.13 bits per heavy atom. The number of fused-ring (bicyclic) bond motifs is 9. The van der Waals surface area contributed by atoms with Crippen molar-refractivity contribution in [3.8, 4) is 0 Å². The van der Waals surface area contributed by atoms with Crippen molar-refractivity contribution in [1.82, 2.24) is 14.4 Å². The molecule has 1 atom stereocenters. The molecule has 3 nitrogen and oxygen atoms in total. The SMILES string of the molecule is S=P(c1ccccc1)(c1cnc2ccccc2c1)c1ccc2c(c1)c1ccccc1n1c3ccccc3nc21. The molecule has 1 unspecified atom stereocenters. The highest BCUT2D eigenvalue weighted by Crippen LogP contribution is 2.44. The first-order valence-corrected chi connectivity index (χ1v) is 15.8. The van der Waals surface area contributed by atoms with Crippen molar-refractivity contribution in [2.75, 3.05) is 0 Å². The van der Waals surface area contributed by atoms with Crippen molar-refractivity contribution >= 4 is 83.0 Å². The molecule has 0 spiro atoms. The van der Waals surface area contributed by atoms with Crippen molar-refractivity contribution in [2.45, 2.75) is 0 Å². The van der Waals surface area contributed by atoms with E-state index in [2.05, 4.69) is 114 Å². The third-order valence-corrected chi connectivity index (χ3v) is 12.6. The van der Waals surface area contributed by atoms with Gasteiger partial charge in [-0.2, -0.15) is 0 Å². The van der Waals surface area contributed by atoms with Crippen LogP contribution in [0, 0.1) is 0 Å². The molecular formula is C34H22N3PS. The number of nitrogens with zero attached hydrogens (tertiary/aromatic N) is 3. The summed E-state index contributed by atoms with van der Waals surface area (Å²) in [7, 11) is 0. The standard InChI is InChI=1S/C34H22N3PS/c39-38(24-11-2-1-3-12-24,26-20-23-10-4-6-14-30(23)35-22-26)25-18-19-28-29(21-25)27-13-5-8-16-32(27)37-33-17-9-7-15-31(33)36-34(28)37/h1-22H. The summed E-state index contributed by atoms with van der Waals surface area (Å²) in [4.78, 5) is 9.90. The van der Waals surface area contributed by atoms with E-state index in [1.807, 2.05) is 24.4 Å². The van der Waals surface area contributed by atoms with Gasteiger partial charge < -0.3 is 0 Å². The lowest BCUT2D eigenvalue weighted by atomic mass is 10.1. The third kappa shape index (κ3) is 3.32. The molecule has 0 aliphatic carbocycles. The molecule has 0 saturated carbocycles. The van der Waals surface area contributed by atoms with Gasteiger partial charge in [0.2, 0.25) is 0 Å². The summed E-state index contributed by atoms with van der Waals surface area (Å²) >= 11 is 6.75. The second kappa shape index (κ2) is 8.57. The second-order valence-electron chi connectivity index (χ2n) is 9.84. The predicted molar refractivity (Wildman–Crippen MR) is 169 cm³/mol. The highest BCUT2D eigenvalue weighted by atomic mass is 32.4. The van der Waals surface area contributed by atoms with Crippen LogP contribution in [0.15, 0.2) is 134 Å². The van der Waals surface area contributed by atoms with E-state index < -0.39 is 6.04 Å². The third-order valence-electron chi connectivity index (χ3n) is 7.66. The van der Waals surface area contributed by atoms with E-state index in [1.54, 1.807) is 0 Å². The first-order valence-electron chi connectivity index (χ1n) is 13.0. The summed E-state index contributed by atoms with van der Waals surface area (Å²) < 4.78 is 2.28. The van der Waals surface area contributed by atoms with E-state index in [0.29, 0.717) is 0 Å². The van der Waals surface area contributed by atoms with Crippen LogP contribution in [-0.2, 0) is 11.8 Å². The molecule has 0 fully saturated rings. The monoisotopic (exact) mass is 535 g/mol. The molecule has 0 aliphatic heterocycles. The highest BCUT2D eigenvalue weighted by molar-refractivity contribution is 8.25. The van der Waals surface area contributed by atoms with Gasteiger partial charge in [0.25, 0.3) is 0 Å². The maximum atomic E-state index is 6.75. The van der Waals surface area contributed by atoms with Gasteiger partial charge in [-0.3, -0.25) is 9.38 Å². The highest BCUT2D eigenvalue weighted by Gasteiger charge is 2.26. The van der Waals surface area contributed by atoms with Crippen molar-refractivity contribution in [2.24, 2.45) is 0 Å². The van der Waals surface area contributed by atoms with Gasteiger partial charge in [0.1, 0.15) is 5.65 Å². The molecule has 3 heterocycles. The molecule has 3 aromatic heterocycles. The number of rotatable bonds is 3. The Labute approximate surface area is 230 Å². The lowest BCUT2D eigenvalue weighted by molar-refractivity contribution is 1.32. The topological polar surface area (TPSA) is 30.2 Å². The fourth-order valence-electron chi connectivity index (χ4n) is 5.81. The first-order chi connectivity index (χ1) is 19.2. The summed E-state index contributed by atoms with van der Waals surface area (Å²) in [6, 6.07) is 42.3. The minimum absolute atomic E-state index is 0.969. The first kappa shape index (κ1) is 22.6. The molecule has 5 aromatic carbocycles. The zero-order chi connectivity index (χ0) is 26.0. The van der Waals surface area contributed by atoms with Gasteiger partial charge in [-0.15, -0.1) is 0 Å². The fraction of sp³-hybridized carbons (Fsp3) is 0. The molecule has 184 valence electrons. The fourth-order valence-corrected chi connectivity index (χ4v) is 9.44. The van der Waals surface area contributed by atoms with Gasteiger partial charge in [-0.1, -0.05) is 96.7 Å². The van der Waals surface area contributed by atoms with Crippen LogP contribution in [-0.4, -0.2) is 14.4 Å². The Kier molecular flexibility index (Phi) is 4.97. The van der Waals surface area contributed by atoms with Crippen LogP contribution in [0.2, 0.25) is 0 Å². The van der Waals surface area contributed by atoms with Crippen LogP contribution >= 0.6 is 6.04 Å². The maximum absolute atomic E-state index is 6.75. The Morgan fingerprint density at radius 2 is 1.26 bits per heavy atom. The predicted octanol–water partition coefficient (Wildman–Crippen LogP) is 7.10. The van der Waals surface area contributed by atoms with Gasteiger partial charge in [-0.05, 0) is 58.5 Å². The number of aromatic nitrogens is 3. The van der Waals surface area contributed by atoms with E-state index >= 15 is 0 Å². The second-order valence-corrected chi connectivity index (χ2v) is 14.2. The molecule has 39 heavy (non-hydrogen) atoms. The molecule has 8 aromatic rings. The van der Waals surface area contributed by atoms with Crippen LogP contribution in [0.4, 0.5) is 0 Å². The van der Waals surface area contributed by atoms with Gasteiger partial charge >= 0.3 is 0 Å². The van der Waals surface area contributed by atoms with E-state index in [0.717, 1.165) is 54.4 Å². The van der Waals surface area contributed by atoms with E-state index in [9.17, 15) is 0 Å². The molecule has 0 aliphatic rings. The van der Waals surface area contributed by atoms with Crippen LogP contribution in [0.5, 0.6) is 0 Å². The van der Waals surface area contributed by atoms with Gasteiger partial charge in [0.15, 0.2) is 0 Å². The molecule has 8 rings (SSSR count). The smallest absolute Gasteiger partial charge is 0.146 e. The molecule has 0 N–H and O–H groups in total. The zero-order valence-corrected chi connectivity index (χ0v) is 22.6. The van der Waals surface area contributed by atoms with Gasteiger partial charge in [-0.25, -0.2) is 4.98 Å². The average molecular weight is 536 g/mol. The molecule has 0 amide bonds. The summed E-state index contributed by atoms with van der Waals surface area (Å²) in [6.07, 6.45) is 1.99. The Morgan fingerprint density at radius 1 is 0.538 bits per heavy atom. The minimum Gasteiger partial charge on any atom is -0.292 e. The van der Waals surface area contributed by atoms with Crippen molar-refractivity contribution in [3.63, 3.8) is 0 Å².